The number of benzene rings is 1. The molecule has 1 aromatic carbocycles. The molecule has 0 saturated heterocycles. The Morgan fingerprint density at radius 3 is 2.73 bits per heavy atom. The van der Waals surface area contributed by atoms with Gasteiger partial charge in [0.2, 0.25) is 0 Å². The molecule has 0 aliphatic rings. The summed E-state index contributed by atoms with van der Waals surface area (Å²) in [6.07, 6.45) is 0. The van der Waals surface area contributed by atoms with E-state index in [1.54, 1.807) is 23.5 Å². The zero-order valence-electron chi connectivity index (χ0n) is 8.65. The standard InChI is InChI=1S/C12H12O2S/c1-7(2)10-6-8-4-3-5-9(12(13)14)11(8)15-10/h3-7H,1-2H3,(H,13,14). The van der Waals surface area contributed by atoms with E-state index in [2.05, 4.69) is 19.9 Å². The van der Waals surface area contributed by atoms with Crippen LogP contribution in [0.25, 0.3) is 10.1 Å². The average molecular weight is 220 g/mol. The SMILES string of the molecule is CC(C)c1cc2cccc(C(=O)O)c2s1. The van der Waals surface area contributed by atoms with Crippen LogP contribution in [-0.2, 0) is 0 Å². The number of carboxylic acid groups (broad SMARTS) is 1. The molecule has 3 heteroatoms. The molecule has 15 heavy (non-hydrogen) atoms. The molecule has 0 saturated carbocycles. The minimum absolute atomic E-state index is 0.407. The maximum Gasteiger partial charge on any atom is 0.337 e. The molecule has 2 nitrogen and oxygen atoms in total. The van der Waals surface area contributed by atoms with Gasteiger partial charge in [-0.05, 0) is 23.4 Å². The Morgan fingerprint density at radius 2 is 2.13 bits per heavy atom. The Hall–Kier alpha value is -1.35. The van der Waals surface area contributed by atoms with E-state index in [1.807, 2.05) is 6.07 Å². The predicted molar refractivity (Wildman–Crippen MR) is 62.9 cm³/mol. The van der Waals surface area contributed by atoms with Gasteiger partial charge in [0.1, 0.15) is 0 Å². The zero-order chi connectivity index (χ0) is 11.0. The van der Waals surface area contributed by atoms with Gasteiger partial charge in [-0.25, -0.2) is 4.79 Å². The molecular weight excluding hydrogens is 208 g/mol. The van der Waals surface area contributed by atoms with Crippen LogP contribution in [0.3, 0.4) is 0 Å². The smallest absolute Gasteiger partial charge is 0.337 e. The minimum Gasteiger partial charge on any atom is -0.478 e. The topological polar surface area (TPSA) is 37.3 Å². The van der Waals surface area contributed by atoms with Crippen LogP contribution >= 0.6 is 11.3 Å². The fourth-order valence-corrected chi connectivity index (χ4v) is 2.70. The van der Waals surface area contributed by atoms with E-state index in [0.29, 0.717) is 11.5 Å². The van der Waals surface area contributed by atoms with E-state index in [1.165, 1.54) is 4.88 Å². The lowest BCUT2D eigenvalue weighted by Crippen LogP contribution is -1.94. The Balaban J connectivity index is 2.70. The summed E-state index contributed by atoms with van der Waals surface area (Å²) in [5, 5.41) is 10.1. The van der Waals surface area contributed by atoms with Crippen molar-refractivity contribution in [2.24, 2.45) is 0 Å². The van der Waals surface area contributed by atoms with E-state index in [9.17, 15) is 4.79 Å². The largest absolute Gasteiger partial charge is 0.478 e. The Morgan fingerprint density at radius 1 is 1.40 bits per heavy atom. The number of hydrogen-bond donors (Lipinski definition) is 1. The van der Waals surface area contributed by atoms with Gasteiger partial charge >= 0.3 is 5.97 Å². The molecule has 0 bridgehead atoms. The van der Waals surface area contributed by atoms with Crippen LogP contribution in [0.4, 0.5) is 0 Å². The average Bonchev–Trinajstić information content (AvgIpc) is 2.60. The van der Waals surface area contributed by atoms with Crippen molar-refractivity contribution in [1.82, 2.24) is 0 Å². The predicted octanol–water partition coefficient (Wildman–Crippen LogP) is 3.72. The highest BCUT2D eigenvalue weighted by molar-refractivity contribution is 7.19. The first-order chi connectivity index (χ1) is 7.09. The first kappa shape index (κ1) is 10.2. The summed E-state index contributed by atoms with van der Waals surface area (Å²) in [6.45, 7) is 4.23. The van der Waals surface area contributed by atoms with Crippen molar-refractivity contribution in [3.63, 3.8) is 0 Å². The monoisotopic (exact) mass is 220 g/mol. The van der Waals surface area contributed by atoms with E-state index in [4.69, 9.17) is 5.11 Å². The van der Waals surface area contributed by atoms with Gasteiger partial charge in [-0.15, -0.1) is 11.3 Å². The van der Waals surface area contributed by atoms with Crippen LogP contribution in [0.1, 0.15) is 35.0 Å². The van der Waals surface area contributed by atoms with Crippen molar-refractivity contribution in [1.29, 1.82) is 0 Å². The van der Waals surface area contributed by atoms with Crippen molar-refractivity contribution in [3.05, 3.63) is 34.7 Å². The molecule has 2 aromatic rings. The van der Waals surface area contributed by atoms with Crippen molar-refractivity contribution in [2.75, 3.05) is 0 Å². The van der Waals surface area contributed by atoms with E-state index in [-0.39, 0.29) is 0 Å². The van der Waals surface area contributed by atoms with Gasteiger partial charge in [-0.2, -0.15) is 0 Å². The number of carbonyl (C=O) groups is 1. The summed E-state index contributed by atoms with van der Waals surface area (Å²) in [4.78, 5) is 12.2. The molecular formula is C12H12O2S. The van der Waals surface area contributed by atoms with Gasteiger partial charge in [0.15, 0.2) is 0 Å². The second kappa shape index (κ2) is 3.66. The summed E-state index contributed by atoms with van der Waals surface area (Å²) >= 11 is 1.58. The van der Waals surface area contributed by atoms with Gasteiger partial charge in [0.05, 0.1) is 5.56 Å². The molecule has 2 rings (SSSR count). The molecule has 0 spiro atoms. The number of fused-ring (bicyclic) bond motifs is 1. The molecule has 0 aliphatic carbocycles. The number of rotatable bonds is 2. The molecule has 0 amide bonds. The molecule has 0 radical (unpaired) electrons. The van der Waals surface area contributed by atoms with Crippen LogP contribution < -0.4 is 0 Å². The van der Waals surface area contributed by atoms with E-state index < -0.39 is 5.97 Å². The lowest BCUT2D eigenvalue weighted by molar-refractivity contribution is 0.0699. The highest BCUT2D eigenvalue weighted by atomic mass is 32.1. The molecule has 78 valence electrons. The molecule has 0 unspecified atom stereocenters. The van der Waals surface area contributed by atoms with Crippen LogP contribution in [0, 0.1) is 0 Å². The van der Waals surface area contributed by atoms with Crippen molar-refractivity contribution in [2.45, 2.75) is 19.8 Å². The first-order valence-electron chi connectivity index (χ1n) is 4.85. The van der Waals surface area contributed by atoms with Gasteiger partial charge in [0, 0.05) is 9.58 Å². The first-order valence-corrected chi connectivity index (χ1v) is 5.67. The Bertz CT molecular complexity index is 511. The third-order valence-corrected chi connectivity index (χ3v) is 3.85. The van der Waals surface area contributed by atoms with Crippen LogP contribution in [0.2, 0.25) is 0 Å². The second-order valence-corrected chi connectivity index (χ2v) is 4.92. The highest BCUT2D eigenvalue weighted by Crippen LogP contribution is 2.32. The van der Waals surface area contributed by atoms with Gasteiger partial charge < -0.3 is 5.11 Å². The van der Waals surface area contributed by atoms with Crippen molar-refractivity contribution >= 4 is 27.4 Å². The number of carboxylic acids is 1. The van der Waals surface area contributed by atoms with Crippen LogP contribution in [0.5, 0.6) is 0 Å². The quantitative estimate of drug-likeness (QED) is 0.837. The maximum atomic E-state index is 11.0. The number of aromatic carboxylic acids is 1. The molecule has 0 fully saturated rings. The van der Waals surface area contributed by atoms with Crippen LogP contribution in [-0.4, -0.2) is 11.1 Å². The van der Waals surface area contributed by atoms with E-state index in [0.717, 1.165) is 10.1 Å². The van der Waals surface area contributed by atoms with E-state index >= 15 is 0 Å². The van der Waals surface area contributed by atoms with Crippen LogP contribution in [0.15, 0.2) is 24.3 Å². The maximum absolute atomic E-state index is 11.0. The zero-order valence-corrected chi connectivity index (χ0v) is 9.47. The number of thiophene rings is 1. The van der Waals surface area contributed by atoms with Gasteiger partial charge in [-0.3, -0.25) is 0 Å². The molecule has 1 N–H and O–H groups in total. The highest BCUT2D eigenvalue weighted by Gasteiger charge is 2.12. The lowest BCUT2D eigenvalue weighted by Gasteiger charge is -1.97. The molecule has 1 heterocycles. The third kappa shape index (κ3) is 1.75. The Kier molecular flexibility index (Phi) is 2.49. The minimum atomic E-state index is -0.849. The summed E-state index contributed by atoms with van der Waals surface area (Å²) in [6, 6.07) is 7.50. The fourth-order valence-electron chi connectivity index (χ4n) is 1.54. The molecule has 1 aromatic heterocycles. The second-order valence-electron chi connectivity index (χ2n) is 3.83. The third-order valence-electron chi connectivity index (χ3n) is 2.36. The molecule has 0 aliphatic heterocycles. The summed E-state index contributed by atoms with van der Waals surface area (Å²) in [5.74, 6) is -0.401. The fraction of sp³-hybridized carbons (Fsp3) is 0.250. The molecule has 0 atom stereocenters. The normalized spacial score (nSPS) is 11.1. The van der Waals surface area contributed by atoms with Gasteiger partial charge in [0.25, 0.3) is 0 Å². The lowest BCUT2D eigenvalue weighted by atomic mass is 10.1. The Labute approximate surface area is 92.2 Å². The van der Waals surface area contributed by atoms with Crippen molar-refractivity contribution < 1.29 is 9.90 Å². The summed E-state index contributed by atoms with van der Waals surface area (Å²) < 4.78 is 0.883. The number of hydrogen-bond acceptors (Lipinski definition) is 2. The van der Waals surface area contributed by atoms with Gasteiger partial charge in [-0.1, -0.05) is 26.0 Å². The van der Waals surface area contributed by atoms with Crippen molar-refractivity contribution in [3.8, 4) is 0 Å². The summed E-state index contributed by atoms with van der Waals surface area (Å²) in [7, 11) is 0. The summed E-state index contributed by atoms with van der Waals surface area (Å²) in [5.41, 5.74) is 0.407.